The Morgan fingerprint density at radius 3 is 2.50 bits per heavy atom. The van der Waals surface area contributed by atoms with E-state index >= 15 is 0 Å². The summed E-state index contributed by atoms with van der Waals surface area (Å²) in [6.07, 6.45) is 1.91. The molecular formula is C16H26ClN3O3S. The molecule has 6 nitrogen and oxygen atoms in total. The predicted octanol–water partition coefficient (Wildman–Crippen LogP) is 2.81. The minimum absolute atomic E-state index is 0. The van der Waals surface area contributed by atoms with Crippen molar-refractivity contribution in [3.05, 3.63) is 23.8 Å². The van der Waals surface area contributed by atoms with E-state index in [0.29, 0.717) is 10.6 Å². The fraction of sp³-hybridized carbons (Fsp3) is 0.562. The second-order valence-corrected chi connectivity index (χ2v) is 8.79. The molecule has 1 aromatic rings. The maximum Gasteiger partial charge on any atom is 0.321 e. The van der Waals surface area contributed by atoms with Crippen LogP contribution in [0.15, 0.2) is 23.1 Å². The summed E-state index contributed by atoms with van der Waals surface area (Å²) >= 11 is 0. The van der Waals surface area contributed by atoms with Crippen LogP contribution in [0.25, 0.3) is 0 Å². The number of carbonyl (C=O) groups excluding carboxylic acids is 1. The van der Waals surface area contributed by atoms with Gasteiger partial charge in [0.25, 0.3) is 0 Å². The maximum absolute atomic E-state index is 12.6. The number of hydrogen-bond acceptors (Lipinski definition) is 4. The molecule has 0 unspecified atom stereocenters. The van der Waals surface area contributed by atoms with E-state index in [-0.39, 0.29) is 24.5 Å². The lowest BCUT2D eigenvalue weighted by molar-refractivity contribution is 0.230. The van der Waals surface area contributed by atoms with Crippen LogP contribution in [0.1, 0.15) is 38.3 Å². The van der Waals surface area contributed by atoms with E-state index in [1.807, 2.05) is 0 Å². The lowest BCUT2D eigenvalue weighted by Crippen LogP contribution is -2.27. The molecule has 2 amide bonds. The number of halogens is 1. The number of benzene rings is 1. The highest BCUT2D eigenvalue weighted by Crippen LogP contribution is 2.32. The smallest absolute Gasteiger partial charge is 0.321 e. The van der Waals surface area contributed by atoms with Gasteiger partial charge in [0.05, 0.1) is 10.1 Å². The Hall–Kier alpha value is -1.31. The van der Waals surface area contributed by atoms with E-state index < -0.39 is 15.1 Å². The van der Waals surface area contributed by atoms with Gasteiger partial charge in [-0.05, 0) is 57.0 Å². The third-order valence-electron chi connectivity index (χ3n) is 4.03. The molecule has 136 valence electrons. The van der Waals surface area contributed by atoms with Crippen molar-refractivity contribution in [3.8, 4) is 0 Å². The molecule has 24 heavy (non-hydrogen) atoms. The van der Waals surface area contributed by atoms with Gasteiger partial charge in [0.1, 0.15) is 0 Å². The van der Waals surface area contributed by atoms with Gasteiger partial charge in [0, 0.05) is 25.8 Å². The van der Waals surface area contributed by atoms with Crippen molar-refractivity contribution in [3.63, 3.8) is 0 Å². The van der Waals surface area contributed by atoms with Crippen molar-refractivity contribution < 1.29 is 13.2 Å². The number of hydrogen-bond donors (Lipinski definition) is 2. The van der Waals surface area contributed by atoms with Crippen molar-refractivity contribution in [1.29, 1.82) is 0 Å². The van der Waals surface area contributed by atoms with Gasteiger partial charge in [-0.1, -0.05) is 0 Å². The van der Waals surface area contributed by atoms with Gasteiger partial charge in [-0.3, -0.25) is 0 Å². The van der Waals surface area contributed by atoms with Gasteiger partial charge < -0.3 is 15.5 Å². The Bertz CT molecular complexity index is 684. The standard InChI is InChI=1S/C16H25N3O3S.ClH/c1-11(2)23(21,22)15-8-7-12(18-16(20)19(3)4)10-13(15)14-6-5-9-17-14;/h7-8,10-11,14,17H,5-6,9H2,1-4H3,(H,18,20);1H/t14-;/m1./s1. The number of nitrogens with one attached hydrogen (secondary N) is 2. The molecule has 1 aliphatic rings. The summed E-state index contributed by atoms with van der Waals surface area (Å²) in [6.45, 7) is 4.24. The van der Waals surface area contributed by atoms with Crippen LogP contribution >= 0.6 is 12.4 Å². The number of amides is 2. The summed E-state index contributed by atoms with van der Waals surface area (Å²) in [6, 6.07) is 4.80. The lowest BCUT2D eigenvalue weighted by Gasteiger charge is -2.20. The number of carbonyl (C=O) groups is 1. The monoisotopic (exact) mass is 375 g/mol. The van der Waals surface area contributed by atoms with Crippen LogP contribution in [0.2, 0.25) is 0 Å². The summed E-state index contributed by atoms with van der Waals surface area (Å²) in [4.78, 5) is 13.6. The molecule has 0 spiro atoms. The quantitative estimate of drug-likeness (QED) is 0.848. The van der Waals surface area contributed by atoms with E-state index in [4.69, 9.17) is 0 Å². The first kappa shape index (κ1) is 20.7. The molecule has 0 aromatic heterocycles. The molecule has 1 aliphatic heterocycles. The number of nitrogens with zero attached hydrogens (tertiary/aromatic N) is 1. The number of rotatable bonds is 4. The van der Waals surface area contributed by atoms with Crippen LogP contribution in [0.3, 0.4) is 0 Å². The first-order valence-corrected chi connectivity index (χ1v) is 9.37. The Morgan fingerprint density at radius 1 is 1.33 bits per heavy atom. The molecule has 8 heteroatoms. The molecular weight excluding hydrogens is 350 g/mol. The Labute approximate surface area is 150 Å². The molecule has 2 N–H and O–H groups in total. The fourth-order valence-electron chi connectivity index (χ4n) is 2.60. The van der Waals surface area contributed by atoms with Gasteiger partial charge in [0.15, 0.2) is 9.84 Å². The van der Waals surface area contributed by atoms with Gasteiger partial charge >= 0.3 is 6.03 Å². The number of anilines is 1. The highest BCUT2D eigenvalue weighted by atomic mass is 35.5. The molecule has 0 aliphatic carbocycles. The first-order valence-electron chi connectivity index (χ1n) is 7.83. The summed E-state index contributed by atoms with van der Waals surface area (Å²) in [5.41, 5.74) is 1.35. The van der Waals surface area contributed by atoms with E-state index in [9.17, 15) is 13.2 Å². The Balaban J connectivity index is 0.00000288. The number of urea groups is 1. The summed E-state index contributed by atoms with van der Waals surface area (Å²) in [7, 11) is -0.0515. The SMILES string of the molecule is CC(C)S(=O)(=O)c1ccc(NC(=O)N(C)C)cc1[C@H]1CCCN1.Cl. The molecule has 2 rings (SSSR count). The molecule has 1 heterocycles. The summed E-state index contributed by atoms with van der Waals surface area (Å²) < 4.78 is 25.3. The zero-order valence-corrected chi connectivity index (χ0v) is 16.1. The average Bonchev–Trinajstić information content (AvgIpc) is 3.00. The largest absolute Gasteiger partial charge is 0.331 e. The predicted molar refractivity (Wildman–Crippen MR) is 98.7 cm³/mol. The van der Waals surface area contributed by atoms with E-state index in [2.05, 4.69) is 10.6 Å². The van der Waals surface area contributed by atoms with Gasteiger partial charge in [-0.25, -0.2) is 13.2 Å². The zero-order chi connectivity index (χ0) is 17.2. The average molecular weight is 376 g/mol. The second kappa shape index (κ2) is 8.18. The van der Waals surface area contributed by atoms with Gasteiger partial charge in [-0.15, -0.1) is 12.4 Å². The maximum atomic E-state index is 12.6. The van der Waals surface area contributed by atoms with Crippen LogP contribution < -0.4 is 10.6 Å². The van der Waals surface area contributed by atoms with Gasteiger partial charge in [-0.2, -0.15) is 0 Å². The van der Waals surface area contributed by atoms with Crippen molar-refractivity contribution in [1.82, 2.24) is 10.2 Å². The molecule has 1 aromatic carbocycles. The molecule has 1 saturated heterocycles. The minimum atomic E-state index is -3.37. The van der Waals surface area contributed by atoms with E-state index in [1.54, 1.807) is 46.1 Å². The van der Waals surface area contributed by atoms with Crippen molar-refractivity contribution in [2.24, 2.45) is 0 Å². The zero-order valence-electron chi connectivity index (χ0n) is 14.5. The molecule has 0 bridgehead atoms. The highest BCUT2D eigenvalue weighted by molar-refractivity contribution is 7.92. The van der Waals surface area contributed by atoms with Crippen molar-refractivity contribution in [2.45, 2.75) is 42.9 Å². The van der Waals surface area contributed by atoms with Crippen LogP contribution in [0, 0.1) is 0 Å². The van der Waals surface area contributed by atoms with Crippen LogP contribution in [-0.2, 0) is 9.84 Å². The Kier molecular flexibility index (Phi) is 7.07. The minimum Gasteiger partial charge on any atom is -0.331 e. The third kappa shape index (κ3) is 4.40. The van der Waals surface area contributed by atoms with Crippen molar-refractivity contribution in [2.75, 3.05) is 26.0 Å². The Morgan fingerprint density at radius 2 is 2.00 bits per heavy atom. The van der Waals surface area contributed by atoms with Gasteiger partial charge in [0.2, 0.25) is 0 Å². The molecule has 0 radical (unpaired) electrons. The van der Waals surface area contributed by atoms with Crippen LogP contribution in [0.4, 0.5) is 10.5 Å². The fourth-order valence-corrected chi connectivity index (χ4v) is 3.89. The molecule has 1 atom stereocenters. The van der Waals surface area contributed by atoms with Crippen LogP contribution in [-0.4, -0.2) is 45.2 Å². The molecule has 1 fully saturated rings. The van der Waals surface area contributed by atoms with E-state index in [0.717, 1.165) is 24.9 Å². The van der Waals surface area contributed by atoms with Crippen LogP contribution in [0.5, 0.6) is 0 Å². The third-order valence-corrected chi connectivity index (χ3v) is 6.26. The summed E-state index contributed by atoms with van der Waals surface area (Å²) in [5, 5.41) is 5.64. The van der Waals surface area contributed by atoms with E-state index in [1.165, 1.54) is 4.90 Å². The highest BCUT2D eigenvalue weighted by Gasteiger charge is 2.28. The number of sulfone groups is 1. The molecule has 0 saturated carbocycles. The first-order chi connectivity index (χ1) is 10.7. The lowest BCUT2D eigenvalue weighted by atomic mass is 10.0. The normalized spacial score (nSPS) is 17.5. The van der Waals surface area contributed by atoms with Crippen molar-refractivity contribution >= 4 is 34.0 Å². The topological polar surface area (TPSA) is 78.5 Å². The summed E-state index contributed by atoms with van der Waals surface area (Å²) in [5.74, 6) is 0. The second-order valence-electron chi connectivity index (χ2n) is 6.32.